The monoisotopic (exact) mass is 271 g/mol. The van der Waals surface area contributed by atoms with Gasteiger partial charge in [-0.15, -0.1) is 0 Å². The number of para-hydroxylation sites is 1. The summed E-state index contributed by atoms with van der Waals surface area (Å²) in [6, 6.07) is 6.89. The van der Waals surface area contributed by atoms with Gasteiger partial charge in [0.05, 0.1) is 0 Å². The minimum Gasteiger partial charge on any atom is -0.480 e. The lowest BCUT2D eigenvalue weighted by atomic mass is 10.2. The molecule has 1 aromatic carbocycles. The molecular formula is C11H13NO5S. The van der Waals surface area contributed by atoms with Crippen LogP contribution in [0.2, 0.25) is 0 Å². The first-order valence-electron chi connectivity index (χ1n) is 5.08. The van der Waals surface area contributed by atoms with Crippen LogP contribution in [-0.4, -0.2) is 36.9 Å². The second-order valence-corrected chi connectivity index (χ2v) is 5.85. The van der Waals surface area contributed by atoms with Crippen molar-refractivity contribution in [1.29, 1.82) is 0 Å². The second-order valence-electron chi connectivity index (χ2n) is 3.79. The predicted octanol–water partition coefficient (Wildman–Crippen LogP) is 0.433. The lowest BCUT2D eigenvalue weighted by molar-refractivity contribution is -0.134. The first-order valence-corrected chi connectivity index (χ1v) is 6.90. The molecule has 18 heavy (non-hydrogen) atoms. The van der Waals surface area contributed by atoms with Gasteiger partial charge in [-0.3, -0.25) is 9.59 Å². The number of nitrogens with one attached hydrogen (secondary N) is 1. The zero-order valence-corrected chi connectivity index (χ0v) is 10.5. The minimum absolute atomic E-state index is 0.507. The van der Waals surface area contributed by atoms with Crippen molar-refractivity contribution in [2.24, 2.45) is 0 Å². The van der Waals surface area contributed by atoms with Crippen molar-refractivity contribution < 1.29 is 23.1 Å². The molecule has 0 atom stereocenters. The number of carbonyl (C=O) groups excluding carboxylic acids is 1. The summed E-state index contributed by atoms with van der Waals surface area (Å²) in [7, 11) is -3.92. The van der Waals surface area contributed by atoms with Gasteiger partial charge in [-0.25, -0.2) is 8.42 Å². The van der Waals surface area contributed by atoms with Crippen LogP contribution in [0, 0.1) is 6.92 Å². The highest BCUT2D eigenvalue weighted by Gasteiger charge is 2.20. The Morgan fingerprint density at radius 2 is 1.83 bits per heavy atom. The third kappa shape index (κ3) is 4.54. The molecule has 6 nitrogen and oxygen atoms in total. The van der Waals surface area contributed by atoms with Crippen LogP contribution < -0.4 is 5.32 Å². The van der Waals surface area contributed by atoms with Crippen molar-refractivity contribution in [2.75, 3.05) is 16.8 Å². The van der Waals surface area contributed by atoms with Crippen LogP contribution in [0.5, 0.6) is 0 Å². The third-order valence-corrected chi connectivity index (χ3v) is 3.50. The first-order chi connectivity index (χ1) is 8.30. The molecule has 1 rings (SSSR count). The van der Waals surface area contributed by atoms with E-state index >= 15 is 0 Å². The van der Waals surface area contributed by atoms with Gasteiger partial charge < -0.3 is 10.4 Å². The van der Waals surface area contributed by atoms with Crippen LogP contribution in [0.1, 0.15) is 5.56 Å². The molecule has 0 aliphatic carbocycles. The second kappa shape index (κ2) is 5.63. The number of carboxylic acids is 1. The Morgan fingerprint density at radius 3 is 2.39 bits per heavy atom. The summed E-state index contributed by atoms with van der Waals surface area (Å²) in [5, 5.41) is 10.8. The van der Waals surface area contributed by atoms with E-state index in [1.54, 1.807) is 31.2 Å². The Kier molecular flexibility index (Phi) is 4.43. The Balaban J connectivity index is 2.68. The summed E-state index contributed by atoms with van der Waals surface area (Å²) in [6.45, 7) is 1.77. The molecule has 1 aromatic rings. The maximum atomic E-state index is 11.5. The largest absolute Gasteiger partial charge is 0.480 e. The zero-order valence-electron chi connectivity index (χ0n) is 9.71. The normalized spacial score (nSPS) is 10.9. The molecule has 0 heterocycles. The summed E-state index contributed by atoms with van der Waals surface area (Å²) in [5.41, 5.74) is 1.30. The van der Waals surface area contributed by atoms with Gasteiger partial charge in [0.15, 0.2) is 9.84 Å². The standard InChI is InChI=1S/C11H13NO5S/c1-8-4-2-3-5-9(8)12-10(13)6-18(16,17)7-11(14)15/h2-5H,6-7H2,1H3,(H,12,13)(H,14,15). The van der Waals surface area contributed by atoms with E-state index in [-0.39, 0.29) is 0 Å². The number of hydrogen-bond acceptors (Lipinski definition) is 4. The Hall–Kier alpha value is -1.89. The van der Waals surface area contributed by atoms with E-state index < -0.39 is 33.2 Å². The summed E-state index contributed by atoms with van der Waals surface area (Å²) < 4.78 is 22.6. The Morgan fingerprint density at radius 1 is 1.22 bits per heavy atom. The maximum Gasteiger partial charge on any atom is 0.318 e. The fourth-order valence-corrected chi connectivity index (χ4v) is 2.29. The Bertz CT molecular complexity index is 565. The van der Waals surface area contributed by atoms with E-state index in [0.717, 1.165) is 5.56 Å². The fraction of sp³-hybridized carbons (Fsp3) is 0.273. The predicted molar refractivity (Wildman–Crippen MR) is 66.1 cm³/mol. The van der Waals surface area contributed by atoms with Gasteiger partial charge in [0.25, 0.3) is 0 Å². The average molecular weight is 271 g/mol. The van der Waals surface area contributed by atoms with Crippen LogP contribution in [-0.2, 0) is 19.4 Å². The molecule has 1 amide bonds. The van der Waals surface area contributed by atoms with Crippen molar-refractivity contribution in [2.45, 2.75) is 6.92 Å². The van der Waals surface area contributed by atoms with Gasteiger partial charge in [-0.2, -0.15) is 0 Å². The van der Waals surface area contributed by atoms with E-state index in [4.69, 9.17) is 5.11 Å². The molecule has 0 aromatic heterocycles. The molecule has 0 saturated carbocycles. The number of hydrogen-bond donors (Lipinski definition) is 2. The van der Waals surface area contributed by atoms with Gasteiger partial charge >= 0.3 is 5.97 Å². The first kappa shape index (κ1) is 14.2. The quantitative estimate of drug-likeness (QED) is 0.809. The van der Waals surface area contributed by atoms with Gasteiger partial charge in [-0.1, -0.05) is 18.2 Å². The van der Waals surface area contributed by atoms with Crippen molar-refractivity contribution in [3.8, 4) is 0 Å². The zero-order chi connectivity index (χ0) is 13.8. The van der Waals surface area contributed by atoms with Crippen LogP contribution >= 0.6 is 0 Å². The van der Waals surface area contributed by atoms with Crippen molar-refractivity contribution in [3.63, 3.8) is 0 Å². The molecule has 0 bridgehead atoms. The minimum atomic E-state index is -3.92. The molecule has 2 N–H and O–H groups in total. The topological polar surface area (TPSA) is 101 Å². The molecule has 0 fully saturated rings. The van der Waals surface area contributed by atoms with Crippen LogP contribution in [0.3, 0.4) is 0 Å². The Labute approximate surface area is 105 Å². The van der Waals surface area contributed by atoms with Crippen LogP contribution in [0.4, 0.5) is 5.69 Å². The number of benzene rings is 1. The van der Waals surface area contributed by atoms with Crippen molar-refractivity contribution in [1.82, 2.24) is 0 Å². The van der Waals surface area contributed by atoms with Crippen molar-refractivity contribution in [3.05, 3.63) is 29.8 Å². The van der Waals surface area contributed by atoms with Gasteiger partial charge in [0.2, 0.25) is 5.91 Å². The smallest absolute Gasteiger partial charge is 0.318 e. The lowest BCUT2D eigenvalue weighted by Gasteiger charge is -2.07. The molecule has 0 unspecified atom stereocenters. The fourth-order valence-electron chi connectivity index (χ4n) is 1.34. The van der Waals surface area contributed by atoms with E-state index in [9.17, 15) is 18.0 Å². The van der Waals surface area contributed by atoms with Gasteiger partial charge in [-0.05, 0) is 18.6 Å². The highest BCUT2D eigenvalue weighted by molar-refractivity contribution is 7.92. The van der Waals surface area contributed by atoms with Crippen LogP contribution in [0.15, 0.2) is 24.3 Å². The summed E-state index contributed by atoms with van der Waals surface area (Å²) in [6.07, 6.45) is 0. The average Bonchev–Trinajstić information content (AvgIpc) is 2.18. The van der Waals surface area contributed by atoms with E-state index in [1.165, 1.54) is 0 Å². The third-order valence-electron chi connectivity index (χ3n) is 2.11. The van der Waals surface area contributed by atoms with Crippen molar-refractivity contribution >= 4 is 27.4 Å². The summed E-state index contributed by atoms with van der Waals surface area (Å²) in [5.74, 6) is -4.11. The summed E-state index contributed by atoms with van der Waals surface area (Å²) in [4.78, 5) is 21.8. The lowest BCUT2D eigenvalue weighted by Crippen LogP contribution is -2.27. The number of aliphatic carboxylic acids is 1. The van der Waals surface area contributed by atoms with E-state index in [2.05, 4.69) is 5.32 Å². The highest BCUT2D eigenvalue weighted by atomic mass is 32.2. The maximum absolute atomic E-state index is 11.5. The highest BCUT2D eigenvalue weighted by Crippen LogP contribution is 2.13. The number of sulfone groups is 1. The number of rotatable bonds is 5. The number of carboxylic acid groups (broad SMARTS) is 1. The van der Waals surface area contributed by atoms with Gasteiger partial charge in [0.1, 0.15) is 11.5 Å². The molecule has 7 heteroatoms. The molecule has 0 radical (unpaired) electrons. The summed E-state index contributed by atoms with van der Waals surface area (Å²) >= 11 is 0. The molecule has 0 aliphatic heterocycles. The number of amides is 1. The van der Waals surface area contributed by atoms with Crippen LogP contribution in [0.25, 0.3) is 0 Å². The number of aryl methyl sites for hydroxylation is 1. The van der Waals surface area contributed by atoms with Gasteiger partial charge in [0, 0.05) is 5.69 Å². The molecule has 0 aliphatic rings. The molecular weight excluding hydrogens is 258 g/mol. The van der Waals surface area contributed by atoms with E-state index in [1.807, 2.05) is 0 Å². The molecule has 98 valence electrons. The molecule has 0 spiro atoms. The number of anilines is 1. The SMILES string of the molecule is Cc1ccccc1NC(=O)CS(=O)(=O)CC(=O)O. The number of carbonyl (C=O) groups is 2. The molecule has 0 saturated heterocycles. The van der Waals surface area contributed by atoms with E-state index in [0.29, 0.717) is 5.69 Å².